The van der Waals surface area contributed by atoms with E-state index in [2.05, 4.69) is 6.92 Å². The largest absolute Gasteiger partial charge is 0.459 e. The van der Waals surface area contributed by atoms with Crippen LogP contribution in [0.15, 0.2) is 24.3 Å². The summed E-state index contributed by atoms with van der Waals surface area (Å²) in [4.78, 5) is 12.2. The molecule has 0 amide bonds. The van der Waals surface area contributed by atoms with Crippen LogP contribution in [0.5, 0.6) is 0 Å². The Labute approximate surface area is 138 Å². The van der Waals surface area contributed by atoms with Gasteiger partial charge in [0, 0.05) is 0 Å². The number of hydrogen-bond acceptors (Lipinski definition) is 2. The summed E-state index contributed by atoms with van der Waals surface area (Å²) in [6.07, 6.45) is 9.88. The average molecular weight is 318 g/mol. The zero-order valence-electron chi connectivity index (χ0n) is 14.0. The molecular formula is C20H27FO2. The summed E-state index contributed by atoms with van der Waals surface area (Å²) in [5.41, 5.74) is 0.445. The fraction of sp³-hybridized carbons (Fsp3) is 0.650. The minimum Gasteiger partial charge on any atom is -0.459 e. The van der Waals surface area contributed by atoms with E-state index in [-0.39, 0.29) is 17.9 Å². The first-order valence-electron chi connectivity index (χ1n) is 9.12. The van der Waals surface area contributed by atoms with Crippen LogP contribution < -0.4 is 0 Å². The van der Waals surface area contributed by atoms with E-state index < -0.39 is 0 Å². The average Bonchev–Trinajstić information content (AvgIpc) is 2.56. The zero-order valence-corrected chi connectivity index (χ0v) is 14.0. The zero-order chi connectivity index (χ0) is 16.2. The highest BCUT2D eigenvalue weighted by Crippen LogP contribution is 2.44. The van der Waals surface area contributed by atoms with Gasteiger partial charge < -0.3 is 4.74 Å². The quantitative estimate of drug-likeness (QED) is 0.698. The van der Waals surface area contributed by atoms with Gasteiger partial charge in [0.15, 0.2) is 0 Å². The number of rotatable bonds is 4. The maximum Gasteiger partial charge on any atom is 0.338 e. The van der Waals surface area contributed by atoms with Crippen LogP contribution in [0.4, 0.5) is 4.39 Å². The van der Waals surface area contributed by atoms with Crippen molar-refractivity contribution in [1.82, 2.24) is 0 Å². The molecule has 2 saturated carbocycles. The van der Waals surface area contributed by atoms with Gasteiger partial charge in [-0.15, -0.1) is 0 Å². The van der Waals surface area contributed by atoms with E-state index in [4.69, 9.17) is 4.74 Å². The topological polar surface area (TPSA) is 26.3 Å². The van der Waals surface area contributed by atoms with Crippen molar-refractivity contribution in [1.29, 1.82) is 0 Å². The van der Waals surface area contributed by atoms with Crippen molar-refractivity contribution in [3.63, 3.8) is 0 Å². The van der Waals surface area contributed by atoms with Crippen LogP contribution in [-0.2, 0) is 4.74 Å². The van der Waals surface area contributed by atoms with Crippen molar-refractivity contribution in [2.24, 2.45) is 17.8 Å². The molecular weight excluding hydrogens is 291 g/mol. The van der Waals surface area contributed by atoms with Gasteiger partial charge in [-0.05, 0) is 74.1 Å². The molecule has 1 aromatic carbocycles. The first-order valence-corrected chi connectivity index (χ1v) is 9.12. The molecule has 0 radical (unpaired) electrons. The smallest absolute Gasteiger partial charge is 0.338 e. The molecule has 0 heterocycles. The molecule has 4 atom stereocenters. The number of fused-ring (bicyclic) bond motifs is 1. The maximum atomic E-state index is 12.9. The van der Waals surface area contributed by atoms with Crippen molar-refractivity contribution in [2.75, 3.05) is 0 Å². The summed E-state index contributed by atoms with van der Waals surface area (Å²) in [5, 5.41) is 0. The van der Waals surface area contributed by atoms with E-state index in [1.807, 2.05) is 0 Å². The number of carbonyl (C=O) groups excluding carboxylic acids is 1. The van der Waals surface area contributed by atoms with Gasteiger partial charge in [-0.2, -0.15) is 0 Å². The molecule has 0 saturated heterocycles. The number of halogens is 1. The van der Waals surface area contributed by atoms with E-state index in [9.17, 15) is 9.18 Å². The van der Waals surface area contributed by atoms with E-state index in [0.29, 0.717) is 5.56 Å². The SMILES string of the molecule is CCC[C@@H]1CC[C@H]2C[C@H](OC(=O)c3ccc(F)cc3)CC[C@@H]2C1. The van der Waals surface area contributed by atoms with Gasteiger partial charge in [-0.3, -0.25) is 0 Å². The Bertz CT molecular complexity index is 525. The Hall–Kier alpha value is -1.38. The summed E-state index contributed by atoms with van der Waals surface area (Å²) in [6, 6.07) is 5.61. The van der Waals surface area contributed by atoms with Crippen molar-refractivity contribution >= 4 is 5.97 Å². The summed E-state index contributed by atoms with van der Waals surface area (Å²) >= 11 is 0. The first kappa shape index (κ1) is 16.5. The standard InChI is InChI=1S/C20H27FO2/c1-2-3-14-4-5-17-13-19(11-8-16(17)12-14)23-20(22)15-6-9-18(21)10-7-15/h6-7,9-10,14,16-17,19H,2-5,8,11-13H2,1H3/t14-,16-,17+,19-/m1/s1. The highest BCUT2D eigenvalue weighted by molar-refractivity contribution is 5.89. The third-order valence-electron chi connectivity index (χ3n) is 5.72. The Morgan fingerprint density at radius 1 is 1.09 bits per heavy atom. The number of benzene rings is 1. The van der Waals surface area contributed by atoms with E-state index >= 15 is 0 Å². The number of hydrogen-bond donors (Lipinski definition) is 0. The lowest BCUT2D eigenvalue weighted by Crippen LogP contribution is -2.35. The molecule has 3 rings (SSSR count). The summed E-state index contributed by atoms with van der Waals surface area (Å²) in [5.74, 6) is 1.84. The Balaban J connectivity index is 1.52. The molecule has 0 aromatic heterocycles. The van der Waals surface area contributed by atoms with Crippen LogP contribution in [0.25, 0.3) is 0 Å². The van der Waals surface area contributed by atoms with Crippen molar-refractivity contribution < 1.29 is 13.9 Å². The van der Waals surface area contributed by atoms with E-state index in [0.717, 1.165) is 30.6 Å². The molecule has 0 unspecified atom stereocenters. The molecule has 0 bridgehead atoms. The summed E-state index contributed by atoms with van der Waals surface area (Å²) in [6.45, 7) is 2.28. The molecule has 2 aliphatic rings. The van der Waals surface area contributed by atoms with Gasteiger partial charge in [0.1, 0.15) is 11.9 Å². The predicted octanol–water partition coefficient (Wildman–Crippen LogP) is 5.37. The van der Waals surface area contributed by atoms with Gasteiger partial charge >= 0.3 is 5.97 Å². The Kier molecular flexibility index (Phi) is 5.34. The van der Waals surface area contributed by atoms with Gasteiger partial charge in [0.05, 0.1) is 5.56 Å². The Morgan fingerprint density at radius 3 is 2.52 bits per heavy atom. The fourth-order valence-electron chi connectivity index (χ4n) is 4.53. The second-order valence-corrected chi connectivity index (χ2v) is 7.34. The first-order chi connectivity index (χ1) is 11.2. The fourth-order valence-corrected chi connectivity index (χ4v) is 4.53. The van der Waals surface area contributed by atoms with Crippen LogP contribution in [0.1, 0.15) is 68.6 Å². The van der Waals surface area contributed by atoms with Crippen LogP contribution in [-0.4, -0.2) is 12.1 Å². The lowest BCUT2D eigenvalue weighted by Gasteiger charge is -2.41. The minimum absolute atomic E-state index is 0.0385. The minimum atomic E-state index is -0.328. The monoisotopic (exact) mass is 318 g/mol. The molecule has 126 valence electrons. The van der Waals surface area contributed by atoms with Gasteiger partial charge in [0.2, 0.25) is 0 Å². The van der Waals surface area contributed by atoms with Crippen molar-refractivity contribution in [3.8, 4) is 0 Å². The normalized spacial score (nSPS) is 30.5. The van der Waals surface area contributed by atoms with Crippen LogP contribution in [0, 0.1) is 23.6 Å². The van der Waals surface area contributed by atoms with Gasteiger partial charge in [-0.1, -0.05) is 26.2 Å². The highest BCUT2D eigenvalue weighted by Gasteiger charge is 2.36. The van der Waals surface area contributed by atoms with Crippen LogP contribution in [0.3, 0.4) is 0 Å². The maximum absolute atomic E-state index is 12.9. The predicted molar refractivity (Wildman–Crippen MR) is 88.7 cm³/mol. The molecule has 0 aliphatic heterocycles. The van der Waals surface area contributed by atoms with E-state index in [1.165, 1.54) is 62.8 Å². The molecule has 1 aromatic rings. The van der Waals surface area contributed by atoms with Crippen molar-refractivity contribution in [2.45, 2.75) is 64.4 Å². The van der Waals surface area contributed by atoms with Gasteiger partial charge in [-0.25, -0.2) is 9.18 Å². The second kappa shape index (κ2) is 7.46. The molecule has 0 N–H and O–H groups in total. The molecule has 2 aliphatic carbocycles. The highest BCUT2D eigenvalue weighted by atomic mass is 19.1. The summed E-state index contributed by atoms with van der Waals surface area (Å²) < 4.78 is 18.6. The molecule has 0 spiro atoms. The van der Waals surface area contributed by atoms with Crippen LogP contribution >= 0.6 is 0 Å². The molecule has 3 heteroatoms. The third kappa shape index (κ3) is 4.13. The number of carbonyl (C=O) groups is 1. The van der Waals surface area contributed by atoms with E-state index in [1.54, 1.807) is 0 Å². The summed E-state index contributed by atoms with van der Waals surface area (Å²) in [7, 11) is 0. The lowest BCUT2D eigenvalue weighted by atomic mass is 9.66. The van der Waals surface area contributed by atoms with Crippen molar-refractivity contribution in [3.05, 3.63) is 35.6 Å². The number of esters is 1. The molecule has 23 heavy (non-hydrogen) atoms. The molecule has 2 nitrogen and oxygen atoms in total. The molecule has 2 fully saturated rings. The van der Waals surface area contributed by atoms with Gasteiger partial charge in [0.25, 0.3) is 0 Å². The van der Waals surface area contributed by atoms with Crippen LogP contribution in [0.2, 0.25) is 0 Å². The Morgan fingerprint density at radius 2 is 1.78 bits per heavy atom. The second-order valence-electron chi connectivity index (χ2n) is 7.34. The lowest BCUT2D eigenvalue weighted by molar-refractivity contribution is -0.00620. The number of ether oxygens (including phenoxy) is 1. The third-order valence-corrected chi connectivity index (χ3v) is 5.72.